The summed E-state index contributed by atoms with van der Waals surface area (Å²) < 4.78 is 13.9. The third-order valence-corrected chi connectivity index (χ3v) is 5.91. The van der Waals surface area contributed by atoms with Gasteiger partial charge < -0.3 is 15.1 Å². The van der Waals surface area contributed by atoms with Crippen LogP contribution in [0.5, 0.6) is 0 Å². The van der Waals surface area contributed by atoms with E-state index in [0.29, 0.717) is 22.6 Å². The molecule has 0 unspecified atom stereocenters. The number of piperidine rings is 1. The van der Waals surface area contributed by atoms with Crippen LogP contribution in [-0.4, -0.2) is 58.0 Å². The number of hydrogen-bond acceptors (Lipinski definition) is 6. The second kappa shape index (κ2) is 9.34. The molecule has 1 aliphatic rings. The van der Waals surface area contributed by atoms with Gasteiger partial charge in [0.2, 0.25) is 0 Å². The van der Waals surface area contributed by atoms with Crippen molar-refractivity contribution in [2.75, 3.05) is 36.4 Å². The van der Waals surface area contributed by atoms with Gasteiger partial charge in [-0.3, -0.25) is 9.78 Å². The van der Waals surface area contributed by atoms with E-state index < -0.39 is 11.7 Å². The fraction of sp³-hybridized carbons (Fsp3) is 0.391. The lowest BCUT2D eigenvalue weighted by molar-refractivity contribution is 0.102. The highest BCUT2D eigenvalue weighted by Crippen LogP contribution is 2.24. The van der Waals surface area contributed by atoms with Gasteiger partial charge >= 0.3 is 0 Å². The molecule has 8 heteroatoms. The van der Waals surface area contributed by atoms with Crippen molar-refractivity contribution in [1.29, 1.82) is 0 Å². The molecule has 1 N–H and O–H groups in total. The Labute approximate surface area is 181 Å². The molecule has 3 heterocycles. The molecule has 0 saturated carbocycles. The van der Waals surface area contributed by atoms with Crippen LogP contribution in [-0.2, 0) is 0 Å². The molecule has 4 rings (SSSR count). The normalized spacial score (nSPS) is 14.9. The van der Waals surface area contributed by atoms with E-state index in [4.69, 9.17) is 0 Å². The van der Waals surface area contributed by atoms with Gasteiger partial charge in [0.15, 0.2) is 0 Å². The van der Waals surface area contributed by atoms with Crippen molar-refractivity contribution in [3.63, 3.8) is 0 Å². The van der Waals surface area contributed by atoms with E-state index in [1.165, 1.54) is 18.3 Å². The Morgan fingerprint density at radius 2 is 1.94 bits per heavy atom. The van der Waals surface area contributed by atoms with Gasteiger partial charge in [0.1, 0.15) is 17.3 Å². The van der Waals surface area contributed by atoms with Gasteiger partial charge in [0, 0.05) is 30.7 Å². The van der Waals surface area contributed by atoms with Gasteiger partial charge in [0.25, 0.3) is 5.91 Å². The van der Waals surface area contributed by atoms with Crippen LogP contribution < -0.4 is 10.2 Å². The van der Waals surface area contributed by atoms with Crippen molar-refractivity contribution < 1.29 is 9.18 Å². The highest BCUT2D eigenvalue weighted by atomic mass is 19.1. The summed E-state index contributed by atoms with van der Waals surface area (Å²) in [4.78, 5) is 30.4. The molecule has 0 bridgehead atoms. The number of carbonyl (C=O) groups is 1. The minimum atomic E-state index is -0.447. The number of carbonyl (C=O) groups excluding carboxylic acids is 1. The minimum absolute atomic E-state index is 0.176. The van der Waals surface area contributed by atoms with Crippen LogP contribution >= 0.6 is 0 Å². The van der Waals surface area contributed by atoms with E-state index in [1.54, 1.807) is 24.5 Å². The van der Waals surface area contributed by atoms with Crippen molar-refractivity contribution in [3.8, 4) is 0 Å². The molecule has 3 aromatic rings. The molecule has 1 saturated heterocycles. The van der Waals surface area contributed by atoms with E-state index in [1.807, 2.05) is 0 Å². The Morgan fingerprint density at radius 1 is 1.16 bits per heavy atom. The Morgan fingerprint density at radius 3 is 2.61 bits per heavy atom. The standard InChI is InChI=1S/C23H27FN6O/c1-3-29(4-2)18-7-10-30(11-8-18)21-15-26-20(14-27-21)23(31)28-19-13-17(24)12-16-6-5-9-25-22(16)19/h5-6,9,12-15,18H,3-4,7-8,10-11H2,1-2H3,(H,28,31). The molecular formula is C23H27FN6O. The van der Waals surface area contributed by atoms with Crippen molar-refractivity contribution in [3.05, 3.63) is 54.4 Å². The third-order valence-electron chi connectivity index (χ3n) is 5.91. The van der Waals surface area contributed by atoms with Crippen molar-refractivity contribution in [1.82, 2.24) is 19.9 Å². The smallest absolute Gasteiger partial charge is 0.275 e. The molecule has 0 radical (unpaired) electrons. The van der Waals surface area contributed by atoms with Gasteiger partial charge in [-0.2, -0.15) is 0 Å². The van der Waals surface area contributed by atoms with E-state index in [0.717, 1.165) is 44.8 Å². The number of halogens is 1. The zero-order valence-corrected chi connectivity index (χ0v) is 17.9. The zero-order valence-electron chi connectivity index (χ0n) is 17.9. The van der Waals surface area contributed by atoms with Crippen LogP contribution in [0.2, 0.25) is 0 Å². The predicted octanol–water partition coefficient (Wildman–Crippen LogP) is 3.73. The van der Waals surface area contributed by atoms with Crippen LogP contribution in [0.25, 0.3) is 10.9 Å². The average molecular weight is 423 g/mol. The molecule has 1 fully saturated rings. The van der Waals surface area contributed by atoms with E-state index in [-0.39, 0.29) is 5.69 Å². The van der Waals surface area contributed by atoms with E-state index >= 15 is 0 Å². The molecular weight excluding hydrogens is 395 g/mol. The summed E-state index contributed by atoms with van der Waals surface area (Å²) in [6.45, 7) is 8.38. The van der Waals surface area contributed by atoms with Crippen LogP contribution in [0, 0.1) is 5.82 Å². The van der Waals surface area contributed by atoms with Gasteiger partial charge in [-0.15, -0.1) is 0 Å². The number of fused-ring (bicyclic) bond motifs is 1. The molecule has 162 valence electrons. The quantitative estimate of drug-likeness (QED) is 0.653. The molecule has 1 amide bonds. The summed E-state index contributed by atoms with van der Waals surface area (Å²) in [6, 6.07) is 6.73. The number of nitrogens with zero attached hydrogens (tertiary/aromatic N) is 5. The summed E-state index contributed by atoms with van der Waals surface area (Å²) >= 11 is 0. The lowest BCUT2D eigenvalue weighted by atomic mass is 10.0. The number of pyridine rings is 1. The minimum Gasteiger partial charge on any atom is -0.355 e. The summed E-state index contributed by atoms with van der Waals surface area (Å²) in [5, 5.41) is 3.33. The number of anilines is 2. The molecule has 1 aliphatic heterocycles. The van der Waals surface area contributed by atoms with Gasteiger partial charge in [-0.1, -0.05) is 19.9 Å². The highest BCUT2D eigenvalue weighted by Gasteiger charge is 2.24. The Bertz CT molecular complexity index is 1050. The summed E-state index contributed by atoms with van der Waals surface area (Å²) in [7, 11) is 0. The first-order chi connectivity index (χ1) is 15.1. The Balaban J connectivity index is 1.43. The molecule has 0 aliphatic carbocycles. The third kappa shape index (κ3) is 4.64. The number of nitrogens with one attached hydrogen (secondary N) is 1. The second-order valence-corrected chi connectivity index (χ2v) is 7.68. The maximum Gasteiger partial charge on any atom is 0.275 e. The second-order valence-electron chi connectivity index (χ2n) is 7.68. The molecule has 31 heavy (non-hydrogen) atoms. The molecule has 0 atom stereocenters. The fourth-order valence-corrected chi connectivity index (χ4v) is 4.24. The lowest BCUT2D eigenvalue weighted by Crippen LogP contribution is -2.45. The van der Waals surface area contributed by atoms with Gasteiger partial charge in [-0.05, 0) is 44.1 Å². The van der Waals surface area contributed by atoms with Crippen LogP contribution in [0.3, 0.4) is 0 Å². The Hall–Kier alpha value is -3.13. The zero-order chi connectivity index (χ0) is 21.8. The first kappa shape index (κ1) is 21.1. The molecule has 1 aromatic carbocycles. The maximum absolute atomic E-state index is 13.9. The largest absolute Gasteiger partial charge is 0.355 e. The number of benzene rings is 1. The lowest BCUT2D eigenvalue weighted by Gasteiger charge is -2.38. The maximum atomic E-state index is 13.9. The summed E-state index contributed by atoms with van der Waals surface area (Å²) in [5.74, 6) is -0.116. The van der Waals surface area contributed by atoms with Crippen molar-refractivity contribution in [2.45, 2.75) is 32.7 Å². The SMILES string of the molecule is CCN(CC)C1CCN(c2cnc(C(=O)Nc3cc(F)cc4cccnc34)cn2)CC1. The highest BCUT2D eigenvalue weighted by molar-refractivity contribution is 6.07. The topological polar surface area (TPSA) is 74.2 Å². The van der Waals surface area contributed by atoms with Crippen LogP contribution in [0.1, 0.15) is 37.2 Å². The van der Waals surface area contributed by atoms with E-state index in [2.05, 4.69) is 43.9 Å². The molecule has 2 aromatic heterocycles. The number of aromatic nitrogens is 3. The van der Waals surface area contributed by atoms with Gasteiger partial charge in [-0.25, -0.2) is 14.4 Å². The van der Waals surface area contributed by atoms with E-state index in [9.17, 15) is 9.18 Å². The van der Waals surface area contributed by atoms with Crippen molar-refractivity contribution >= 4 is 28.3 Å². The summed E-state index contributed by atoms with van der Waals surface area (Å²) in [5.41, 5.74) is 1.01. The summed E-state index contributed by atoms with van der Waals surface area (Å²) in [6.07, 6.45) is 6.88. The number of amides is 1. The average Bonchev–Trinajstić information content (AvgIpc) is 2.80. The predicted molar refractivity (Wildman–Crippen MR) is 120 cm³/mol. The fourth-order valence-electron chi connectivity index (χ4n) is 4.24. The Kier molecular flexibility index (Phi) is 6.36. The van der Waals surface area contributed by atoms with Crippen LogP contribution in [0.15, 0.2) is 42.9 Å². The monoisotopic (exact) mass is 422 g/mol. The molecule has 0 spiro atoms. The number of hydrogen-bond donors (Lipinski definition) is 1. The van der Waals surface area contributed by atoms with Crippen molar-refractivity contribution in [2.24, 2.45) is 0 Å². The van der Waals surface area contributed by atoms with Gasteiger partial charge in [0.05, 0.1) is 23.6 Å². The van der Waals surface area contributed by atoms with Crippen LogP contribution in [0.4, 0.5) is 15.9 Å². The molecule has 7 nitrogen and oxygen atoms in total. The number of rotatable bonds is 6. The first-order valence-corrected chi connectivity index (χ1v) is 10.8. The first-order valence-electron chi connectivity index (χ1n) is 10.8.